The molecule has 0 spiro atoms. The molecule has 0 bridgehead atoms. The summed E-state index contributed by atoms with van der Waals surface area (Å²) in [6, 6.07) is 20.8. The molecule has 3 rings (SSSR count). The van der Waals surface area contributed by atoms with E-state index in [4.69, 9.17) is 0 Å². The third-order valence-electron chi connectivity index (χ3n) is 7.70. The summed E-state index contributed by atoms with van der Waals surface area (Å²) in [6.45, 7) is 7.16. The molecule has 0 N–H and O–H groups in total. The molecule has 30 heavy (non-hydrogen) atoms. The van der Waals surface area contributed by atoms with Gasteiger partial charge in [0.05, 0.1) is 0 Å². The minimum atomic E-state index is 0.530. The van der Waals surface area contributed by atoms with Crippen LogP contribution in [0.2, 0.25) is 0 Å². The number of hydrogen-bond donors (Lipinski definition) is 0. The molecule has 1 aliphatic carbocycles. The summed E-state index contributed by atoms with van der Waals surface area (Å²) in [5.41, 5.74) is 5.08. The molecule has 2 aromatic rings. The summed E-state index contributed by atoms with van der Waals surface area (Å²) < 4.78 is 0. The van der Waals surface area contributed by atoms with Gasteiger partial charge in [-0.05, 0) is 66.5 Å². The van der Waals surface area contributed by atoms with Crippen molar-refractivity contribution in [3.05, 3.63) is 71.3 Å². The van der Waals surface area contributed by atoms with E-state index in [2.05, 4.69) is 75.4 Å². The maximum atomic E-state index is 2.55. The molecule has 0 radical (unpaired) electrons. The van der Waals surface area contributed by atoms with E-state index < -0.39 is 0 Å². The van der Waals surface area contributed by atoms with Gasteiger partial charge in [-0.1, -0.05) is 114 Å². The highest BCUT2D eigenvalue weighted by molar-refractivity contribution is 5.35. The van der Waals surface area contributed by atoms with Gasteiger partial charge in [0.25, 0.3) is 0 Å². The number of hydrogen-bond acceptors (Lipinski definition) is 0. The van der Waals surface area contributed by atoms with Gasteiger partial charge >= 0.3 is 0 Å². The maximum absolute atomic E-state index is 2.55. The predicted octanol–water partition coefficient (Wildman–Crippen LogP) is 9.33. The molecule has 0 saturated heterocycles. The summed E-state index contributed by atoms with van der Waals surface area (Å²) >= 11 is 0. The van der Waals surface area contributed by atoms with E-state index in [-0.39, 0.29) is 0 Å². The molecule has 0 amide bonds. The molecule has 164 valence electrons. The van der Waals surface area contributed by atoms with Crippen molar-refractivity contribution < 1.29 is 0 Å². The molecular formula is C30H44. The van der Waals surface area contributed by atoms with Crippen LogP contribution in [0.1, 0.15) is 114 Å². The van der Waals surface area contributed by atoms with Crippen LogP contribution in [-0.2, 0) is 6.42 Å². The largest absolute Gasteiger partial charge is 0.0654 e. The number of rotatable bonds is 11. The molecule has 0 heteroatoms. The van der Waals surface area contributed by atoms with Crippen LogP contribution in [0.3, 0.4) is 0 Å². The van der Waals surface area contributed by atoms with Crippen LogP contribution in [0, 0.1) is 11.3 Å². The van der Waals surface area contributed by atoms with E-state index in [0.29, 0.717) is 11.3 Å². The lowest BCUT2D eigenvalue weighted by Gasteiger charge is -2.34. The third kappa shape index (κ3) is 6.47. The monoisotopic (exact) mass is 404 g/mol. The Morgan fingerprint density at radius 2 is 1.43 bits per heavy atom. The first-order chi connectivity index (χ1) is 14.6. The Labute approximate surface area is 186 Å². The highest BCUT2D eigenvalue weighted by atomic mass is 14.3. The van der Waals surface area contributed by atoms with Crippen LogP contribution in [0.4, 0.5) is 0 Å². The molecular weight excluding hydrogens is 360 g/mol. The van der Waals surface area contributed by atoms with Crippen molar-refractivity contribution in [2.24, 2.45) is 11.3 Å². The summed E-state index contributed by atoms with van der Waals surface area (Å²) in [7, 11) is 0. The van der Waals surface area contributed by atoms with E-state index in [1.165, 1.54) is 87.3 Å². The van der Waals surface area contributed by atoms with Crippen molar-refractivity contribution in [1.29, 1.82) is 0 Å². The zero-order chi connectivity index (χ0) is 21.2. The normalized spacial score (nSPS) is 18.1. The van der Waals surface area contributed by atoms with E-state index in [1.54, 1.807) is 0 Å². The van der Waals surface area contributed by atoms with Crippen LogP contribution in [0.5, 0.6) is 0 Å². The Hall–Kier alpha value is -1.56. The Balaban J connectivity index is 1.70. The van der Waals surface area contributed by atoms with Crippen LogP contribution < -0.4 is 0 Å². The van der Waals surface area contributed by atoms with Gasteiger partial charge in [-0.25, -0.2) is 0 Å². The second-order valence-electron chi connectivity index (χ2n) is 10.1. The van der Waals surface area contributed by atoms with Gasteiger partial charge in [-0.3, -0.25) is 0 Å². The molecule has 0 heterocycles. The lowest BCUT2D eigenvalue weighted by Crippen LogP contribution is -2.20. The fourth-order valence-electron chi connectivity index (χ4n) is 5.82. The topological polar surface area (TPSA) is 0 Å². The SMILES string of the molecule is CCCC(CCCCC1(C)CCCCC1)C(c1ccccc1)c1ccc(CC)cc1. The standard InChI is InChI=1S/C30H44/c1-4-14-26(17-10-13-24-30(3)22-11-7-12-23-30)29(27-15-8-6-9-16-27)28-20-18-25(5-2)19-21-28/h6,8-9,15-16,18-21,26,29H,4-5,7,10-14,17,22-24H2,1-3H3. The van der Waals surface area contributed by atoms with Gasteiger partial charge in [0.15, 0.2) is 0 Å². The van der Waals surface area contributed by atoms with Gasteiger partial charge in [0.2, 0.25) is 0 Å². The second-order valence-corrected chi connectivity index (χ2v) is 10.1. The van der Waals surface area contributed by atoms with Gasteiger partial charge < -0.3 is 0 Å². The van der Waals surface area contributed by atoms with Crippen molar-refractivity contribution >= 4 is 0 Å². The zero-order valence-electron chi connectivity index (χ0n) is 19.8. The third-order valence-corrected chi connectivity index (χ3v) is 7.70. The molecule has 0 aromatic heterocycles. The first kappa shape index (κ1) is 23.1. The molecule has 1 saturated carbocycles. The van der Waals surface area contributed by atoms with Crippen molar-refractivity contribution in [2.45, 2.75) is 104 Å². The summed E-state index contributed by atoms with van der Waals surface area (Å²) in [6.07, 6.45) is 16.6. The second kappa shape index (κ2) is 11.7. The van der Waals surface area contributed by atoms with E-state index >= 15 is 0 Å². The van der Waals surface area contributed by atoms with Crippen LogP contribution >= 0.6 is 0 Å². The number of unbranched alkanes of at least 4 members (excludes halogenated alkanes) is 1. The average molecular weight is 405 g/mol. The fraction of sp³-hybridized carbons (Fsp3) is 0.600. The van der Waals surface area contributed by atoms with Crippen molar-refractivity contribution in [2.75, 3.05) is 0 Å². The van der Waals surface area contributed by atoms with Gasteiger partial charge in [-0.15, -0.1) is 0 Å². The van der Waals surface area contributed by atoms with Crippen molar-refractivity contribution in [1.82, 2.24) is 0 Å². The minimum absolute atomic E-state index is 0.530. The zero-order valence-corrected chi connectivity index (χ0v) is 19.8. The molecule has 2 aromatic carbocycles. The van der Waals surface area contributed by atoms with Crippen LogP contribution in [0.15, 0.2) is 54.6 Å². The van der Waals surface area contributed by atoms with E-state index in [9.17, 15) is 0 Å². The minimum Gasteiger partial charge on any atom is -0.0654 e. The summed E-state index contributed by atoms with van der Waals surface area (Å²) in [5, 5.41) is 0. The van der Waals surface area contributed by atoms with Gasteiger partial charge in [0, 0.05) is 5.92 Å². The Morgan fingerprint density at radius 1 is 0.767 bits per heavy atom. The Kier molecular flexibility index (Phi) is 9.04. The Bertz CT molecular complexity index is 705. The molecule has 1 fully saturated rings. The summed E-state index contributed by atoms with van der Waals surface area (Å²) in [4.78, 5) is 0. The molecule has 0 nitrogen and oxygen atoms in total. The highest BCUT2D eigenvalue weighted by Crippen LogP contribution is 2.41. The molecule has 2 atom stereocenters. The first-order valence-electron chi connectivity index (χ1n) is 12.8. The number of aryl methyl sites for hydroxylation is 1. The van der Waals surface area contributed by atoms with E-state index in [0.717, 1.165) is 12.3 Å². The molecule has 1 aliphatic rings. The lowest BCUT2D eigenvalue weighted by molar-refractivity contribution is 0.190. The maximum Gasteiger partial charge on any atom is 0.0118 e. The lowest BCUT2D eigenvalue weighted by atomic mass is 9.71. The van der Waals surface area contributed by atoms with Gasteiger partial charge in [-0.2, -0.15) is 0 Å². The van der Waals surface area contributed by atoms with Crippen LogP contribution in [-0.4, -0.2) is 0 Å². The summed E-state index contributed by atoms with van der Waals surface area (Å²) in [5.74, 6) is 1.27. The first-order valence-corrected chi connectivity index (χ1v) is 12.8. The van der Waals surface area contributed by atoms with Gasteiger partial charge in [0.1, 0.15) is 0 Å². The van der Waals surface area contributed by atoms with Crippen molar-refractivity contribution in [3.63, 3.8) is 0 Å². The molecule has 2 unspecified atom stereocenters. The predicted molar refractivity (Wildman–Crippen MR) is 132 cm³/mol. The quantitative estimate of drug-likeness (QED) is 0.327. The van der Waals surface area contributed by atoms with E-state index in [1.807, 2.05) is 0 Å². The highest BCUT2D eigenvalue weighted by Gasteiger charge is 2.27. The molecule has 0 aliphatic heterocycles. The fourth-order valence-corrected chi connectivity index (χ4v) is 5.82. The van der Waals surface area contributed by atoms with Crippen molar-refractivity contribution in [3.8, 4) is 0 Å². The Morgan fingerprint density at radius 3 is 2.07 bits per heavy atom. The smallest absolute Gasteiger partial charge is 0.0118 e. The average Bonchev–Trinajstić information content (AvgIpc) is 2.78. The number of benzene rings is 2. The van der Waals surface area contributed by atoms with Crippen LogP contribution in [0.25, 0.3) is 0 Å².